The average Bonchev–Trinajstić information content (AvgIpc) is 2.14. The Balaban J connectivity index is 4.78. The van der Waals surface area contributed by atoms with Gasteiger partial charge in [0.05, 0.1) is 12.5 Å². The molecule has 0 aromatic carbocycles. The molecule has 0 unspecified atom stereocenters. The number of carboxylic acids is 1. The second-order valence-electron chi connectivity index (χ2n) is 4.90. The monoisotopic (exact) mass is 254 g/mol. The minimum Gasteiger partial charge on any atom is -0.479 e. The number of hydrogen-bond donors (Lipinski definition) is 2. The lowest BCUT2D eigenvalue weighted by molar-refractivity contribution is -0.142. The zero-order valence-corrected chi connectivity index (χ0v) is 11.0. The molecule has 0 saturated heterocycles. The van der Waals surface area contributed by atoms with Gasteiger partial charge in [0.2, 0.25) is 0 Å². The fraction of sp³-hybridized carbons (Fsp3) is 0.583. The van der Waals surface area contributed by atoms with Gasteiger partial charge in [0.15, 0.2) is 5.54 Å². The molecule has 0 fully saturated rings. The molecule has 2 N–H and O–H groups in total. The number of aliphatic carboxylic acids is 1. The predicted octanol–water partition coefficient (Wildman–Crippen LogP) is 1.82. The minimum atomic E-state index is -1.60. The van der Waals surface area contributed by atoms with Crippen molar-refractivity contribution in [2.45, 2.75) is 45.3 Å². The Bertz CT molecular complexity index is 390. The van der Waals surface area contributed by atoms with E-state index in [1.54, 1.807) is 20.8 Å². The number of amides is 1. The molecule has 6 heteroatoms. The molecule has 0 aromatic rings. The van der Waals surface area contributed by atoms with E-state index in [9.17, 15) is 9.59 Å². The average molecular weight is 254 g/mol. The molecule has 0 radical (unpaired) electrons. The van der Waals surface area contributed by atoms with E-state index in [4.69, 9.17) is 15.1 Å². The summed E-state index contributed by atoms with van der Waals surface area (Å²) in [6, 6.07) is 1.85. The zero-order chi connectivity index (χ0) is 14.4. The summed E-state index contributed by atoms with van der Waals surface area (Å²) in [5.74, 6) is -1.23. The van der Waals surface area contributed by atoms with Gasteiger partial charge in [0, 0.05) is 0 Å². The maximum Gasteiger partial charge on any atom is 0.408 e. The predicted molar refractivity (Wildman–Crippen MR) is 64.8 cm³/mol. The zero-order valence-electron chi connectivity index (χ0n) is 11.0. The van der Waals surface area contributed by atoms with Gasteiger partial charge in [0.1, 0.15) is 5.60 Å². The van der Waals surface area contributed by atoms with Gasteiger partial charge in [-0.3, -0.25) is 0 Å². The molecule has 0 aliphatic carbocycles. The van der Waals surface area contributed by atoms with Gasteiger partial charge in [0.25, 0.3) is 0 Å². The lowest BCUT2D eigenvalue weighted by Crippen LogP contribution is -2.52. The van der Waals surface area contributed by atoms with Crippen LogP contribution < -0.4 is 5.32 Å². The number of allylic oxidation sites excluding steroid dienone is 1. The van der Waals surface area contributed by atoms with Crippen molar-refractivity contribution in [3.63, 3.8) is 0 Å². The number of alkyl carbamates (subject to hydrolysis) is 1. The van der Waals surface area contributed by atoms with E-state index in [0.29, 0.717) is 0 Å². The molecule has 0 spiro atoms. The summed E-state index contributed by atoms with van der Waals surface area (Å²) in [4.78, 5) is 22.6. The summed E-state index contributed by atoms with van der Waals surface area (Å²) in [7, 11) is 0. The van der Waals surface area contributed by atoms with Gasteiger partial charge < -0.3 is 15.2 Å². The second-order valence-corrected chi connectivity index (χ2v) is 4.90. The number of nitriles is 1. The highest BCUT2D eigenvalue weighted by molar-refractivity contribution is 5.86. The number of carbonyl (C=O) groups excluding carboxylic acids is 1. The van der Waals surface area contributed by atoms with Crippen molar-refractivity contribution < 1.29 is 19.4 Å². The number of nitrogens with zero attached hydrogens (tertiary/aromatic N) is 1. The number of ether oxygens (including phenoxy) is 1. The van der Waals surface area contributed by atoms with Crippen molar-refractivity contribution in [3.05, 3.63) is 12.2 Å². The van der Waals surface area contributed by atoms with E-state index < -0.39 is 23.2 Å². The molecule has 0 aromatic heterocycles. The van der Waals surface area contributed by atoms with Gasteiger partial charge in [-0.15, -0.1) is 0 Å². The Morgan fingerprint density at radius 2 is 1.94 bits per heavy atom. The van der Waals surface area contributed by atoms with Gasteiger partial charge in [-0.1, -0.05) is 12.2 Å². The summed E-state index contributed by atoms with van der Waals surface area (Å²) in [5.41, 5.74) is -2.31. The van der Waals surface area contributed by atoms with Gasteiger partial charge in [-0.05, 0) is 27.7 Å². The molecule has 1 amide bonds. The molecule has 0 bridgehead atoms. The third kappa shape index (κ3) is 5.89. The first-order chi connectivity index (χ1) is 8.10. The molecular weight excluding hydrogens is 236 g/mol. The summed E-state index contributed by atoms with van der Waals surface area (Å²) in [6.45, 7) is 6.34. The highest BCUT2D eigenvalue weighted by atomic mass is 16.6. The number of carboxylic acid groups (broad SMARTS) is 1. The summed E-state index contributed by atoms with van der Waals surface area (Å²) < 4.78 is 4.98. The molecule has 6 nitrogen and oxygen atoms in total. The van der Waals surface area contributed by atoms with Crippen LogP contribution in [0.4, 0.5) is 4.79 Å². The van der Waals surface area contributed by atoms with Crippen LogP contribution >= 0.6 is 0 Å². The highest BCUT2D eigenvalue weighted by Gasteiger charge is 2.33. The van der Waals surface area contributed by atoms with E-state index in [2.05, 4.69) is 5.32 Å². The molecule has 100 valence electrons. The Morgan fingerprint density at radius 3 is 2.33 bits per heavy atom. The summed E-state index contributed by atoms with van der Waals surface area (Å²) in [6.07, 6.45) is 1.88. The van der Waals surface area contributed by atoms with Crippen molar-refractivity contribution in [1.29, 1.82) is 5.26 Å². The van der Waals surface area contributed by atoms with Gasteiger partial charge in [-0.25, -0.2) is 9.59 Å². The number of nitrogens with one attached hydrogen (secondary N) is 1. The van der Waals surface area contributed by atoms with Crippen molar-refractivity contribution in [3.8, 4) is 6.07 Å². The lowest BCUT2D eigenvalue weighted by Gasteiger charge is -2.26. The fourth-order valence-corrected chi connectivity index (χ4v) is 1.03. The first-order valence-electron chi connectivity index (χ1n) is 5.40. The quantitative estimate of drug-likeness (QED) is 0.745. The van der Waals surface area contributed by atoms with Crippen LogP contribution in [0.25, 0.3) is 0 Å². The van der Waals surface area contributed by atoms with Gasteiger partial charge >= 0.3 is 12.1 Å². The largest absolute Gasteiger partial charge is 0.479 e. The molecule has 18 heavy (non-hydrogen) atoms. The van der Waals surface area contributed by atoms with E-state index in [1.165, 1.54) is 19.1 Å². The van der Waals surface area contributed by atoms with Crippen LogP contribution in [0.2, 0.25) is 0 Å². The third-order valence-electron chi connectivity index (χ3n) is 1.87. The summed E-state index contributed by atoms with van der Waals surface area (Å²) >= 11 is 0. The first kappa shape index (κ1) is 16.0. The Hall–Kier alpha value is -2.03. The molecule has 0 aliphatic rings. The Kier molecular flexibility index (Phi) is 5.37. The van der Waals surface area contributed by atoms with Crippen LogP contribution in [0.3, 0.4) is 0 Å². The van der Waals surface area contributed by atoms with Gasteiger partial charge in [-0.2, -0.15) is 5.26 Å². The second kappa shape index (κ2) is 6.05. The number of hydrogen-bond acceptors (Lipinski definition) is 4. The van der Waals surface area contributed by atoms with Crippen molar-refractivity contribution in [2.24, 2.45) is 0 Å². The first-order valence-corrected chi connectivity index (χ1v) is 5.40. The van der Waals surface area contributed by atoms with E-state index in [0.717, 1.165) is 0 Å². The number of carbonyl (C=O) groups is 2. The third-order valence-corrected chi connectivity index (χ3v) is 1.87. The fourth-order valence-electron chi connectivity index (χ4n) is 1.03. The molecule has 0 aliphatic heterocycles. The van der Waals surface area contributed by atoms with Crippen LogP contribution in [0.1, 0.15) is 34.1 Å². The van der Waals surface area contributed by atoms with Crippen LogP contribution in [0.15, 0.2) is 12.2 Å². The number of rotatable bonds is 4. The van der Waals surface area contributed by atoms with E-state index in [1.807, 2.05) is 6.07 Å². The highest BCUT2D eigenvalue weighted by Crippen LogP contribution is 2.11. The van der Waals surface area contributed by atoms with Crippen molar-refractivity contribution in [1.82, 2.24) is 5.32 Å². The van der Waals surface area contributed by atoms with E-state index >= 15 is 0 Å². The minimum absolute atomic E-state index is 0.0683. The van der Waals surface area contributed by atoms with Crippen LogP contribution in [0, 0.1) is 11.3 Å². The molecule has 0 rings (SSSR count). The van der Waals surface area contributed by atoms with Crippen molar-refractivity contribution >= 4 is 12.1 Å². The Labute approximate surface area is 106 Å². The molecule has 1 atom stereocenters. The van der Waals surface area contributed by atoms with Crippen LogP contribution in [0.5, 0.6) is 0 Å². The molecular formula is C12H18N2O4. The van der Waals surface area contributed by atoms with Crippen LogP contribution in [-0.4, -0.2) is 28.3 Å². The molecule has 0 saturated carbocycles. The maximum absolute atomic E-state index is 11.5. The van der Waals surface area contributed by atoms with Crippen LogP contribution in [-0.2, 0) is 9.53 Å². The standard InChI is InChI=1S/C12H18N2O4/c1-11(2,3)18-10(17)14-12(4,9(15)16)7-5-6-8-13/h5,7H,6H2,1-4H3,(H,14,17)(H,15,16)/b7-5-/t12-/m0/s1. The Morgan fingerprint density at radius 1 is 1.39 bits per heavy atom. The lowest BCUT2D eigenvalue weighted by atomic mass is 10.0. The SMILES string of the molecule is CC(C)(C)OC(=O)N[C@@](C)(/C=C\CC#N)C(=O)O. The smallest absolute Gasteiger partial charge is 0.408 e. The topological polar surface area (TPSA) is 99.4 Å². The van der Waals surface area contributed by atoms with Crippen molar-refractivity contribution in [2.75, 3.05) is 0 Å². The summed E-state index contributed by atoms with van der Waals surface area (Å²) in [5, 5.41) is 19.7. The normalized spacial score (nSPS) is 14.6. The van der Waals surface area contributed by atoms with E-state index in [-0.39, 0.29) is 6.42 Å². The maximum atomic E-state index is 11.5. The molecule has 0 heterocycles.